The second-order valence-electron chi connectivity index (χ2n) is 7.47. The second-order valence-corrected chi connectivity index (χ2v) is 7.47. The van der Waals surface area contributed by atoms with Crippen molar-refractivity contribution in [1.29, 1.82) is 10.5 Å². The predicted molar refractivity (Wildman–Crippen MR) is 117 cm³/mol. The van der Waals surface area contributed by atoms with Crippen molar-refractivity contribution in [3.63, 3.8) is 0 Å². The average molecular weight is 420 g/mol. The first kappa shape index (κ1) is 21.5. The van der Waals surface area contributed by atoms with E-state index in [1.165, 1.54) is 0 Å². The number of anilines is 3. The van der Waals surface area contributed by atoms with E-state index in [-0.39, 0.29) is 35.2 Å². The van der Waals surface area contributed by atoms with Crippen molar-refractivity contribution >= 4 is 23.3 Å². The highest BCUT2D eigenvalue weighted by atomic mass is 16.5. The Morgan fingerprint density at radius 3 is 2.19 bits per heavy atom. The van der Waals surface area contributed by atoms with E-state index in [0.29, 0.717) is 28.4 Å². The molecule has 1 aromatic carbocycles. The Morgan fingerprint density at radius 2 is 1.68 bits per heavy atom. The molecule has 0 radical (unpaired) electrons. The lowest BCUT2D eigenvalue weighted by Gasteiger charge is -2.27. The third kappa shape index (κ3) is 4.54. The molecule has 1 aliphatic heterocycles. The van der Waals surface area contributed by atoms with E-state index in [2.05, 4.69) is 20.6 Å². The minimum Gasteiger partial charge on any atom is -0.491 e. The number of nitrogens with zero attached hydrogens (tertiary/aromatic N) is 4. The molecule has 10 heteroatoms. The molecule has 0 amide bonds. The quantitative estimate of drug-likeness (QED) is 0.420. The van der Waals surface area contributed by atoms with Crippen LogP contribution in [0, 0.1) is 22.8 Å². The van der Waals surface area contributed by atoms with Gasteiger partial charge in [0, 0.05) is 11.6 Å². The van der Waals surface area contributed by atoms with Gasteiger partial charge in [-0.25, -0.2) is 9.98 Å². The Labute approximate surface area is 180 Å². The Balaban J connectivity index is 2.23. The van der Waals surface area contributed by atoms with Gasteiger partial charge in [-0.15, -0.1) is 0 Å². The van der Waals surface area contributed by atoms with Crippen molar-refractivity contribution in [3.8, 4) is 23.8 Å². The van der Waals surface area contributed by atoms with Crippen LogP contribution in [0.2, 0.25) is 0 Å². The van der Waals surface area contributed by atoms with Crippen molar-refractivity contribution < 1.29 is 9.47 Å². The molecule has 1 atom stereocenters. The molecule has 10 nitrogen and oxygen atoms in total. The summed E-state index contributed by atoms with van der Waals surface area (Å²) in [5.74, 6) is 1.67. The van der Waals surface area contributed by atoms with E-state index >= 15 is 0 Å². The third-order valence-electron chi connectivity index (χ3n) is 4.32. The number of nitrogens with one attached hydrogen (secondary N) is 2. The average Bonchev–Trinajstić information content (AvgIpc) is 2.66. The molecular weight excluding hydrogens is 396 g/mol. The fourth-order valence-electron chi connectivity index (χ4n) is 3.25. The number of pyridine rings is 1. The van der Waals surface area contributed by atoms with E-state index in [1.54, 1.807) is 6.07 Å². The van der Waals surface area contributed by atoms with Gasteiger partial charge in [0.1, 0.15) is 40.8 Å². The molecule has 1 unspecified atom stereocenters. The number of nitrogen functional groups attached to an aromatic ring is 2. The fraction of sp³-hybridized carbons (Fsp3) is 0.333. The largest absolute Gasteiger partial charge is 0.491 e. The summed E-state index contributed by atoms with van der Waals surface area (Å²) in [5.41, 5.74) is 13.6. The first-order valence-electron chi connectivity index (χ1n) is 9.70. The number of nitriles is 2. The number of hydrogen-bond acceptors (Lipinski definition) is 10. The molecule has 160 valence electrons. The Hall–Kier alpha value is -4.18. The number of fused-ring (bicyclic) bond motifs is 1. The van der Waals surface area contributed by atoms with Crippen LogP contribution in [-0.2, 0) is 0 Å². The lowest BCUT2D eigenvalue weighted by molar-refractivity contribution is 0.228. The van der Waals surface area contributed by atoms with Crippen LogP contribution in [0.3, 0.4) is 0 Å². The maximum absolute atomic E-state index is 9.48. The zero-order valence-corrected chi connectivity index (χ0v) is 17.7. The molecule has 2 heterocycles. The van der Waals surface area contributed by atoms with Gasteiger partial charge in [0.2, 0.25) is 5.96 Å². The molecule has 1 aliphatic rings. The summed E-state index contributed by atoms with van der Waals surface area (Å²) >= 11 is 0. The van der Waals surface area contributed by atoms with Crippen LogP contribution in [0.4, 0.5) is 17.3 Å². The zero-order valence-electron chi connectivity index (χ0n) is 17.7. The van der Waals surface area contributed by atoms with E-state index < -0.39 is 6.04 Å². The van der Waals surface area contributed by atoms with Crippen molar-refractivity contribution in [3.05, 3.63) is 34.9 Å². The van der Waals surface area contributed by atoms with Crippen molar-refractivity contribution in [2.24, 2.45) is 4.99 Å². The minimum atomic E-state index is -0.683. The number of hydrogen-bond donors (Lipinski definition) is 4. The normalized spacial score (nSPS) is 14.7. The summed E-state index contributed by atoms with van der Waals surface area (Å²) in [7, 11) is 0. The highest BCUT2D eigenvalue weighted by molar-refractivity contribution is 5.98. The number of guanidine groups is 1. The topological polar surface area (TPSA) is 167 Å². The van der Waals surface area contributed by atoms with Gasteiger partial charge >= 0.3 is 0 Å². The lowest BCUT2D eigenvalue weighted by atomic mass is 9.95. The second kappa shape index (κ2) is 8.67. The molecule has 0 saturated heterocycles. The number of nitrogens with two attached hydrogens (primary N) is 2. The first-order valence-corrected chi connectivity index (χ1v) is 9.70. The molecule has 0 aliphatic carbocycles. The summed E-state index contributed by atoms with van der Waals surface area (Å²) in [6.45, 7) is 7.69. The van der Waals surface area contributed by atoms with E-state index in [1.807, 2.05) is 52.1 Å². The SMILES string of the molecule is CC(C)Oc1cc(OC(C)C)cc(C2N=C(NC#N)Nc3nc(N)c(C#N)c(N)c32)c1. The highest BCUT2D eigenvalue weighted by Crippen LogP contribution is 2.42. The van der Waals surface area contributed by atoms with Crippen LogP contribution in [0.15, 0.2) is 23.2 Å². The van der Waals surface area contributed by atoms with Gasteiger partial charge in [0.25, 0.3) is 0 Å². The zero-order chi connectivity index (χ0) is 22.7. The summed E-state index contributed by atoms with van der Waals surface area (Å²) < 4.78 is 11.8. The molecule has 2 aromatic rings. The number of benzene rings is 1. The number of aromatic nitrogens is 1. The van der Waals surface area contributed by atoms with E-state index in [4.69, 9.17) is 26.2 Å². The molecule has 0 spiro atoms. The Bertz CT molecular complexity index is 1080. The molecule has 1 aromatic heterocycles. The molecule has 6 N–H and O–H groups in total. The van der Waals surface area contributed by atoms with Crippen LogP contribution in [0.5, 0.6) is 11.5 Å². The molecule has 0 fully saturated rings. The highest BCUT2D eigenvalue weighted by Gasteiger charge is 2.30. The van der Waals surface area contributed by atoms with Crippen molar-refractivity contribution in [1.82, 2.24) is 10.3 Å². The van der Waals surface area contributed by atoms with Gasteiger partial charge in [-0.3, -0.25) is 5.32 Å². The van der Waals surface area contributed by atoms with Gasteiger partial charge in [0.05, 0.1) is 17.9 Å². The third-order valence-corrected chi connectivity index (χ3v) is 4.32. The summed E-state index contributed by atoms with van der Waals surface area (Å²) in [6, 6.07) is 6.75. The molecule has 3 rings (SSSR count). The summed E-state index contributed by atoms with van der Waals surface area (Å²) in [6.07, 6.45) is 1.72. The summed E-state index contributed by atoms with van der Waals surface area (Å²) in [4.78, 5) is 8.85. The maximum atomic E-state index is 9.48. The van der Waals surface area contributed by atoms with Gasteiger partial charge in [-0.1, -0.05) is 0 Å². The molecule has 0 bridgehead atoms. The summed E-state index contributed by atoms with van der Waals surface area (Å²) in [5, 5.41) is 23.9. The molecule has 31 heavy (non-hydrogen) atoms. The standard InChI is InChI=1S/C21H24N8O2/c1-10(2)30-13-5-12(6-14(7-13)31-11(3)4)18-16-17(24)15(8-22)19(25)28-20(16)29-21(27-18)26-9-23/h5-7,10-11,18H,1-4H3,(H6,24,25,26,27,28,29). The van der Waals surface area contributed by atoms with Gasteiger partial charge in [0.15, 0.2) is 6.19 Å². The van der Waals surface area contributed by atoms with E-state index in [9.17, 15) is 5.26 Å². The Kier molecular flexibility index (Phi) is 6.02. The van der Waals surface area contributed by atoms with Crippen LogP contribution >= 0.6 is 0 Å². The smallest absolute Gasteiger partial charge is 0.211 e. The predicted octanol–water partition coefficient (Wildman–Crippen LogP) is 2.63. The van der Waals surface area contributed by atoms with Gasteiger partial charge in [-0.05, 0) is 45.4 Å². The van der Waals surface area contributed by atoms with Crippen molar-refractivity contribution in [2.75, 3.05) is 16.8 Å². The monoisotopic (exact) mass is 420 g/mol. The fourth-order valence-corrected chi connectivity index (χ4v) is 3.25. The number of rotatable bonds is 5. The Morgan fingerprint density at radius 1 is 1.06 bits per heavy atom. The van der Waals surface area contributed by atoms with Crippen LogP contribution in [0.1, 0.15) is 50.4 Å². The van der Waals surface area contributed by atoms with Crippen LogP contribution < -0.4 is 31.6 Å². The van der Waals surface area contributed by atoms with Crippen LogP contribution in [-0.4, -0.2) is 23.2 Å². The molecule has 0 saturated carbocycles. The molecular formula is C21H24N8O2. The van der Waals surface area contributed by atoms with Gasteiger partial charge < -0.3 is 26.3 Å². The first-order chi connectivity index (χ1) is 14.7. The lowest BCUT2D eigenvalue weighted by Crippen LogP contribution is -2.32. The van der Waals surface area contributed by atoms with Gasteiger partial charge in [-0.2, -0.15) is 10.5 Å². The maximum Gasteiger partial charge on any atom is 0.211 e. The van der Waals surface area contributed by atoms with E-state index in [0.717, 1.165) is 0 Å². The van der Waals surface area contributed by atoms with Crippen LogP contribution in [0.25, 0.3) is 0 Å². The number of aliphatic imine (C=N–C) groups is 1. The minimum absolute atomic E-state index is 0.0103. The van der Waals surface area contributed by atoms with Crippen molar-refractivity contribution in [2.45, 2.75) is 45.9 Å². The number of ether oxygens (including phenoxy) is 2.